The molecule has 4 aromatic rings. The maximum Gasteiger partial charge on any atom is 0.247 e. The van der Waals surface area contributed by atoms with E-state index in [1.807, 2.05) is 92.2 Å². The molecule has 1 aromatic heterocycles. The van der Waals surface area contributed by atoms with Gasteiger partial charge in [0.05, 0.1) is 25.2 Å². The topological polar surface area (TPSA) is 111 Å². The van der Waals surface area contributed by atoms with Gasteiger partial charge in [-0.2, -0.15) is 0 Å². The third kappa shape index (κ3) is 11.8. The molecule has 2 atom stereocenters. The predicted octanol–water partition coefficient (Wildman–Crippen LogP) is 5.28. The van der Waals surface area contributed by atoms with Crippen LogP contribution in [0.3, 0.4) is 0 Å². The van der Waals surface area contributed by atoms with E-state index in [4.69, 9.17) is 10.5 Å². The number of ether oxygens (including phenoxy) is 1. The average molecular weight is 614 g/mol. The molecular formula is C36H44FN5O3. The number of nitrogens with one attached hydrogen (secondary N) is 2. The molecular weight excluding hydrogens is 569 g/mol. The molecule has 0 spiro atoms. The largest absolute Gasteiger partial charge is 0.376 e. The first kappa shape index (κ1) is 34.9. The molecule has 0 saturated heterocycles. The molecule has 0 aliphatic carbocycles. The fraction of sp³-hybridized carbons (Fsp3) is 0.306. The fourth-order valence-corrected chi connectivity index (χ4v) is 4.28. The minimum Gasteiger partial charge on any atom is -0.376 e. The molecule has 1 heterocycles. The van der Waals surface area contributed by atoms with Crippen LogP contribution >= 0.6 is 0 Å². The second kappa shape index (κ2) is 17.0. The first-order valence-electron chi connectivity index (χ1n) is 14.9. The number of ketones is 1. The number of carbonyl (C=O) groups excluding carboxylic acids is 2. The van der Waals surface area contributed by atoms with Gasteiger partial charge >= 0.3 is 0 Å². The lowest BCUT2D eigenvalue weighted by Gasteiger charge is -2.27. The molecule has 45 heavy (non-hydrogen) atoms. The molecule has 0 bridgehead atoms. The van der Waals surface area contributed by atoms with Crippen molar-refractivity contribution in [1.29, 1.82) is 0 Å². The molecule has 9 heteroatoms. The van der Waals surface area contributed by atoms with Gasteiger partial charge in [0.2, 0.25) is 5.91 Å². The summed E-state index contributed by atoms with van der Waals surface area (Å²) in [7, 11) is 0. The Hall–Kier alpha value is -4.60. The van der Waals surface area contributed by atoms with Crippen molar-refractivity contribution in [2.75, 3.05) is 13.2 Å². The van der Waals surface area contributed by atoms with Gasteiger partial charge in [0.25, 0.3) is 0 Å². The van der Waals surface area contributed by atoms with Gasteiger partial charge in [-0.05, 0) is 62.9 Å². The van der Waals surface area contributed by atoms with E-state index in [1.54, 1.807) is 18.5 Å². The quantitative estimate of drug-likeness (QED) is 0.179. The summed E-state index contributed by atoms with van der Waals surface area (Å²) < 4.78 is 20.4. The standard InChI is InChI=1S/C20H20FN3O.C16H24N2O2/c1-15-13-24(14-23-15)19(17-5-3-2-4-6-17)20(25)22-12-11-16-7-9-18(21)10-8-16;1-12(19)15(18-13(2)16(3,4)17)11-20-10-14-8-6-5-7-9-14/h2-10,13-14,19H,11-12H2,1H3,(H,22,25);5-9,15,18H,2,10-11,17H2,1,3-4H3. The van der Waals surface area contributed by atoms with E-state index >= 15 is 0 Å². The zero-order valence-corrected chi connectivity index (χ0v) is 26.5. The van der Waals surface area contributed by atoms with Crippen molar-refractivity contribution >= 4 is 11.7 Å². The molecule has 4 N–H and O–H groups in total. The number of rotatable bonds is 14. The van der Waals surface area contributed by atoms with Crippen molar-refractivity contribution < 1.29 is 18.7 Å². The molecule has 0 radical (unpaired) electrons. The summed E-state index contributed by atoms with van der Waals surface area (Å²) in [5.41, 5.74) is 9.81. The predicted molar refractivity (Wildman–Crippen MR) is 176 cm³/mol. The van der Waals surface area contributed by atoms with Crippen molar-refractivity contribution in [2.24, 2.45) is 5.73 Å². The van der Waals surface area contributed by atoms with Crippen LogP contribution in [0, 0.1) is 12.7 Å². The molecule has 238 valence electrons. The van der Waals surface area contributed by atoms with Gasteiger partial charge in [-0.3, -0.25) is 9.59 Å². The van der Waals surface area contributed by atoms with Crippen LogP contribution in [0.25, 0.3) is 0 Å². The van der Waals surface area contributed by atoms with Gasteiger partial charge in [0.15, 0.2) is 5.78 Å². The first-order chi connectivity index (χ1) is 21.4. The maximum absolute atomic E-state index is 12.9. The summed E-state index contributed by atoms with van der Waals surface area (Å²) in [4.78, 5) is 28.6. The Morgan fingerprint density at radius 3 is 2.18 bits per heavy atom. The van der Waals surface area contributed by atoms with Crippen LogP contribution in [0.2, 0.25) is 0 Å². The third-order valence-electron chi connectivity index (χ3n) is 7.03. The summed E-state index contributed by atoms with van der Waals surface area (Å²) in [6.07, 6.45) is 4.18. The lowest BCUT2D eigenvalue weighted by Crippen LogP contribution is -2.47. The number of nitrogens with zero attached hydrogens (tertiary/aromatic N) is 2. The van der Waals surface area contributed by atoms with E-state index in [9.17, 15) is 14.0 Å². The Morgan fingerprint density at radius 1 is 1.00 bits per heavy atom. The minimum atomic E-state index is -0.576. The third-order valence-corrected chi connectivity index (χ3v) is 7.03. The van der Waals surface area contributed by atoms with Gasteiger partial charge in [0, 0.05) is 24.0 Å². The van der Waals surface area contributed by atoms with Gasteiger partial charge in [-0.15, -0.1) is 0 Å². The number of aryl methyl sites for hydroxylation is 1. The number of nitrogens with two attached hydrogens (primary N) is 1. The highest BCUT2D eigenvalue weighted by molar-refractivity contribution is 5.83. The lowest BCUT2D eigenvalue weighted by atomic mass is 10.0. The summed E-state index contributed by atoms with van der Waals surface area (Å²) in [6.45, 7) is 12.2. The number of Topliss-reactive ketones (excluding diaryl/α,β-unsaturated/α-hetero) is 1. The number of amides is 1. The summed E-state index contributed by atoms with van der Waals surface area (Å²) in [5, 5.41) is 6.02. The van der Waals surface area contributed by atoms with Crippen molar-refractivity contribution in [3.8, 4) is 0 Å². The van der Waals surface area contributed by atoms with E-state index < -0.39 is 17.6 Å². The lowest BCUT2D eigenvalue weighted by molar-refractivity contribution is -0.123. The van der Waals surface area contributed by atoms with Crippen LogP contribution in [0.4, 0.5) is 4.39 Å². The Labute approximate surface area is 265 Å². The number of hydrogen-bond acceptors (Lipinski definition) is 6. The average Bonchev–Trinajstić information content (AvgIpc) is 3.44. The van der Waals surface area contributed by atoms with Gasteiger partial charge in [0.1, 0.15) is 17.9 Å². The number of carbonyl (C=O) groups is 2. The van der Waals surface area contributed by atoms with Gasteiger partial charge in [-0.1, -0.05) is 79.4 Å². The molecule has 4 rings (SSSR count). The zero-order valence-electron chi connectivity index (χ0n) is 26.5. The Bertz CT molecular complexity index is 1500. The Morgan fingerprint density at radius 2 is 1.62 bits per heavy atom. The molecule has 1 amide bonds. The second-order valence-electron chi connectivity index (χ2n) is 11.5. The highest BCUT2D eigenvalue weighted by Crippen LogP contribution is 2.19. The summed E-state index contributed by atoms with van der Waals surface area (Å²) >= 11 is 0. The van der Waals surface area contributed by atoms with Crippen molar-refractivity contribution in [1.82, 2.24) is 20.2 Å². The molecule has 3 aromatic carbocycles. The Kier molecular flexibility index (Phi) is 13.2. The highest BCUT2D eigenvalue weighted by atomic mass is 19.1. The van der Waals surface area contributed by atoms with Crippen LogP contribution < -0.4 is 16.4 Å². The number of benzene rings is 3. The van der Waals surface area contributed by atoms with Gasteiger partial charge < -0.3 is 25.7 Å². The second-order valence-corrected chi connectivity index (χ2v) is 11.5. The van der Waals surface area contributed by atoms with E-state index in [2.05, 4.69) is 22.2 Å². The zero-order chi connectivity index (χ0) is 32.8. The SMILES string of the molecule is C=C(NC(COCc1ccccc1)C(C)=O)C(C)(C)N.Cc1cn(C(C(=O)NCCc2ccc(F)cc2)c2ccccc2)cn1. The van der Waals surface area contributed by atoms with Crippen LogP contribution in [-0.2, 0) is 27.4 Å². The summed E-state index contributed by atoms with van der Waals surface area (Å²) in [5.74, 6) is -0.346. The van der Waals surface area contributed by atoms with Crippen molar-refractivity contribution in [2.45, 2.75) is 58.3 Å². The molecule has 8 nitrogen and oxygen atoms in total. The molecule has 2 unspecified atom stereocenters. The van der Waals surface area contributed by atoms with E-state index in [1.165, 1.54) is 19.1 Å². The highest BCUT2D eigenvalue weighted by Gasteiger charge is 2.23. The van der Waals surface area contributed by atoms with Gasteiger partial charge in [-0.25, -0.2) is 9.37 Å². The molecule has 0 saturated carbocycles. The monoisotopic (exact) mass is 613 g/mol. The number of imidazole rings is 1. The van der Waals surface area contributed by atoms with E-state index in [0.717, 1.165) is 22.4 Å². The number of aromatic nitrogens is 2. The number of halogens is 1. The minimum absolute atomic E-state index is 0.00321. The smallest absolute Gasteiger partial charge is 0.247 e. The van der Waals surface area contributed by atoms with Crippen LogP contribution in [0.1, 0.15) is 49.2 Å². The summed E-state index contributed by atoms with van der Waals surface area (Å²) in [6, 6.07) is 24.9. The molecule has 0 aliphatic rings. The van der Waals surface area contributed by atoms with Crippen molar-refractivity contribution in [3.05, 3.63) is 138 Å². The Balaban J connectivity index is 0.000000253. The molecule has 0 aliphatic heterocycles. The molecule has 0 fully saturated rings. The maximum atomic E-state index is 12.9. The fourth-order valence-electron chi connectivity index (χ4n) is 4.28. The van der Waals surface area contributed by atoms with E-state index in [0.29, 0.717) is 31.9 Å². The van der Waals surface area contributed by atoms with Crippen LogP contribution in [-0.4, -0.2) is 46.0 Å². The first-order valence-corrected chi connectivity index (χ1v) is 14.9. The van der Waals surface area contributed by atoms with Crippen LogP contribution in [0.15, 0.2) is 110 Å². The van der Waals surface area contributed by atoms with E-state index in [-0.39, 0.29) is 17.5 Å². The van der Waals surface area contributed by atoms with Crippen LogP contribution in [0.5, 0.6) is 0 Å². The number of hydrogen-bond donors (Lipinski definition) is 3. The van der Waals surface area contributed by atoms with Crippen molar-refractivity contribution in [3.63, 3.8) is 0 Å². The normalized spacial score (nSPS) is 12.3.